The molecule has 2 rings (SSSR count). The highest BCUT2D eigenvalue weighted by molar-refractivity contribution is 5.23. The predicted molar refractivity (Wildman–Crippen MR) is 70.5 cm³/mol. The minimum absolute atomic E-state index is 0.212. The Morgan fingerprint density at radius 2 is 2.11 bits per heavy atom. The van der Waals surface area contributed by atoms with Gasteiger partial charge in [0, 0.05) is 6.61 Å². The van der Waals surface area contributed by atoms with E-state index in [1.807, 2.05) is 31.2 Å². The number of rotatable bonds is 5. The molecule has 0 bridgehead atoms. The molecule has 1 aromatic rings. The highest BCUT2D eigenvalue weighted by atomic mass is 16.5. The van der Waals surface area contributed by atoms with Crippen LogP contribution in [0.5, 0.6) is 0 Å². The Morgan fingerprint density at radius 1 is 1.33 bits per heavy atom. The van der Waals surface area contributed by atoms with Gasteiger partial charge in [-0.3, -0.25) is 0 Å². The lowest BCUT2D eigenvalue weighted by atomic mass is 10.1. The molecule has 0 radical (unpaired) electrons. The van der Waals surface area contributed by atoms with Crippen molar-refractivity contribution in [3.8, 4) is 0 Å². The Morgan fingerprint density at radius 3 is 2.78 bits per heavy atom. The number of hydrogen-bond donors (Lipinski definition) is 1. The van der Waals surface area contributed by atoms with Crippen molar-refractivity contribution in [3.05, 3.63) is 35.4 Å². The van der Waals surface area contributed by atoms with Crippen molar-refractivity contribution in [2.75, 3.05) is 19.8 Å². The maximum atomic E-state index is 9.98. The average Bonchev–Trinajstić information content (AvgIpc) is 2.40. The molecule has 1 saturated heterocycles. The molecule has 1 aliphatic rings. The van der Waals surface area contributed by atoms with Crippen LogP contribution in [-0.4, -0.2) is 31.0 Å². The quantitative estimate of drug-likeness (QED) is 0.873. The molecule has 0 spiro atoms. The van der Waals surface area contributed by atoms with Crippen LogP contribution in [0.4, 0.5) is 0 Å². The molecule has 0 aromatic heterocycles. The second-order valence-corrected chi connectivity index (χ2v) is 4.95. The van der Waals surface area contributed by atoms with E-state index in [4.69, 9.17) is 9.47 Å². The molecule has 1 heterocycles. The van der Waals surface area contributed by atoms with E-state index in [0.29, 0.717) is 13.2 Å². The van der Waals surface area contributed by atoms with E-state index >= 15 is 0 Å². The first kappa shape index (κ1) is 13.5. The average molecular weight is 250 g/mol. The Hall–Kier alpha value is -0.900. The van der Waals surface area contributed by atoms with Gasteiger partial charge in [-0.1, -0.05) is 29.8 Å². The van der Waals surface area contributed by atoms with Gasteiger partial charge >= 0.3 is 0 Å². The first-order valence-corrected chi connectivity index (χ1v) is 6.69. The van der Waals surface area contributed by atoms with Crippen LogP contribution in [0.25, 0.3) is 0 Å². The van der Waals surface area contributed by atoms with Crippen LogP contribution in [0.15, 0.2) is 24.3 Å². The minimum Gasteiger partial charge on any atom is -0.386 e. The number of ether oxygens (including phenoxy) is 2. The molecule has 0 saturated carbocycles. The molecular weight excluding hydrogens is 228 g/mol. The van der Waals surface area contributed by atoms with E-state index in [2.05, 4.69) is 0 Å². The van der Waals surface area contributed by atoms with Crippen LogP contribution < -0.4 is 0 Å². The second-order valence-electron chi connectivity index (χ2n) is 4.95. The molecule has 100 valence electrons. The maximum absolute atomic E-state index is 9.98. The summed E-state index contributed by atoms with van der Waals surface area (Å²) < 4.78 is 11.1. The zero-order chi connectivity index (χ0) is 12.8. The van der Waals surface area contributed by atoms with Gasteiger partial charge in [0.15, 0.2) is 0 Å². The normalized spacial score (nSPS) is 21.8. The van der Waals surface area contributed by atoms with Gasteiger partial charge < -0.3 is 14.6 Å². The highest BCUT2D eigenvalue weighted by Crippen LogP contribution is 2.16. The van der Waals surface area contributed by atoms with Crippen LogP contribution in [0.1, 0.15) is 36.5 Å². The van der Waals surface area contributed by atoms with Gasteiger partial charge in [-0.25, -0.2) is 0 Å². The summed E-state index contributed by atoms with van der Waals surface area (Å²) in [5, 5.41) is 9.98. The second kappa shape index (κ2) is 6.88. The molecule has 1 aliphatic heterocycles. The number of aliphatic hydroxyl groups excluding tert-OH is 1. The van der Waals surface area contributed by atoms with Gasteiger partial charge in [-0.15, -0.1) is 0 Å². The van der Waals surface area contributed by atoms with Crippen LogP contribution in [0.3, 0.4) is 0 Å². The van der Waals surface area contributed by atoms with Crippen molar-refractivity contribution in [2.24, 2.45) is 0 Å². The Kier molecular flexibility index (Phi) is 5.17. The van der Waals surface area contributed by atoms with Gasteiger partial charge in [0.05, 0.1) is 19.3 Å². The van der Waals surface area contributed by atoms with E-state index in [-0.39, 0.29) is 6.10 Å². The molecule has 3 heteroatoms. The van der Waals surface area contributed by atoms with Crippen molar-refractivity contribution >= 4 is 0 Å². The SMILES string of the molecule is Cc1ccc(C(O)COCC2CCCCO2)cc1. The lowest BCUT2D eigenvalue weighted by Gasteiger charge is -2.23. The first-order chi connectivity index (χ1) is 8.75. The molecule has 0 aliphatic carbocycles. The zero-order valence-corrected chi connectivity index (χ0v) is 11.0. The number of benzene rings is 1. The molecule has 3 nitrogen and oxygen atoms in total. The lowest BCUT2D eigenvalue weighted by molar-refractivity contribution is -0.0574. The molecule has 0 amide bonds. The molecule has 1 N–H and O–H groups in total. The summed E-state index contributed by atoms with van der Waals surface area (Å²) in [6.45, 7) is 3.80. The zero-order valence-electron chi connectivity index (χ0n) is 11.0. The van der Waals surface area contributed by atoms with Crippen LogP contribution >= 0.6 is 0 Å². The van der Waals surface area contributed by atoms with Crippen LogP contribution in [0.2, 0.25) is 0 Å². The summed E-state index contributed by atoms with van der Waals surface area (Å²) in [5.74, 6) is 0. The van der Waals surface area contributed by atoms with Crippen molar-refractivity contribution in [1.29, 1.82) is 0 Å². The summed E-state index contributed by atoms with van der Waals surface area (Å²) in [6.07, 6.45) is 3.11. The third kappa shape index (κ3) is 4.09. The van der Waals surface area contributed by atoms with Gasteiger partial charge in [0.1, 0.15) is 6.10 Å². The third-order valence-corrected chi connectivity index (χ3v) is 3.32. The fourth-order valence-electron chi connectivity index (χ4n) is 2.13. The lowest BCUT2D eigenvalue weighted by Crippen LogP contribution is -2.25. The Labute approximate surface area is 109 Å². The molecule has 18 heavy (non-hydrogen) atoms. The first-order valence-electron chi connectivity index (χ1n) is 6.69. The number of aryl methyl sites for hydroxylation is 1. The number of aliphatic hydroxyl groups is 1. The maximum Gasteiger partial charge on any atom is 0.102 e. The van der Waals surface area contributed by atoms with Gasteiger partial charge in [0.2, 0.25) is 0 Å². The van der Waals surface area contributed by atoms with E-state index in [0.717, 1.165) is 25.0 Å². The standard InChI is InChI=1S/C15H22O3/c1-12-5-7-13(8-6-12)15(16)11-17-10-14-4-2-3-9-18-14/h5-8,14-16H,2-4,9-11H2,1H3. The predicted octanol–water partition coefficient (Wildman–Crippen LogP) is 2.61. The van der Waals surface area contributed by atoms with E-state index in [1.54, 1.807) is 0 Å². The third-order valence-electron chi connectivity index (χ3n) is 3.32. The summed E-state index contributed by atoms with van der Waals surface area (Å²) in [5.41, 5.74) is 2.10. The topological polar surface area (TPSA) is 38.7 Å². The minimum atomic E-state index is -0.547. The van der Waals surface area contributed by atoms with Gasteiger partial charge in [-0.05, 0) is 31.7 Å². The van der Waals surface area contributed by atoms with Crippen molar-refractivity contribution in [1.82, 2.24) is 0 Å². The summed E-state index contributed by atoms with van der Waals surface area (Å²) in [6, 6.07) is 7.90. The molecule has 2 atom stereocenters. The smallest absolute Gasteiger partial charge is 0.102 e. The highest BCUT2D eigenvalue weighted by Gasteiger charge is 2.15. The largest absolute Gasteiger partial charge is 0.386 e. The van der Waals surface area contributed by atoms with Crippen LogP contribution in [0, 0.1) is 6.92 Å². The Bertz CT molecular complexity index is 341. The van der Waals surface area contributed by atoms with E-state index < -0.39 is 6.10 Å². The van der Waals surface area contributed by atoms with E-state index in [9.17, 15) is 5.11 Å². The molecule has 2 unspecified atom stereocenters. The summed E-state index contributed by atoms with van der Waals surface area (Å²) >= 11 is 0. The van der Waals surface area contributed by atoms with Crippen molar-refractivity contribution in [2.45, 2.75) is 38.4 Å². The van der Waals surface area contributed by atoms with Gasteiger partial charge in [0.25, 0.3) is 0 Å². The monoisotopic (exact) mass is 250 g/mol. The van der Waals surface area contributed by atoms with E-state index in [1.165, 1.54) is 12.0 Å². The fourth-order valence-corrected chi connectivity index (χ4v) is 2.13. The van der Waals surface area contributed by atoms with Crippen molar-refractivity contribution < 1.29 is 14.6 Å². The fraction of sp³-hybridized carbons (Fsp3) is 0.600. The Balaban J connectivity index is 1.70. The molecule has 1 fully saturated rings. The summed E-state index contributed by atoms with van der Waals surface area (Å²) in [4.78, 5) is 0. The van der Waals surface area contributed by atoms with Crippen LogP contribution in [-0.2, 0) is 9.47 Å². The van der Waals surface area contributed by atoms with Crippen molar-refractivity contribution in [3.63, 3.8) is 0 Å². The summed E-state index contributed by atoms with van der Waals surface area (Å²) in [7, 11) is 0. The molecule has 1 aromatic carbocycles. The number of hydrogen-bond acceptors (Lipinski definition) is 3. The van der Waals surface area contributed by atoms with Gasteiger partial charge in [-0.2, -0.15) is 0 Å². The molecular formula is C15H22O3.